The largest absolute Gasteiger partial charge is 0.409 e. The summed E-state index contributed by atoms with van der Waals surface area (Å²) in [6, 6.07) is 3.55. The third-order valence-corrected chi connectivity index (χ3v) is 2.94. The van der Waals surface area contributed by atoms with E-state index in [2.05, 4.69) is 10.1 Å². The Labute approximate surface area is 112 Å². The van der Waals surface area contributed by atoms with Gasteiger partial charge in [-0.3, -0.25) is 9.78 Å². The molecule has 1 amide bonds. The van der Waals surface area contributed by atoms with E-state index in [1.54, 1.807) is 30.2 Å². The van der Waals surface area contributed by atoms with Crippen LogP contribution in [0.1, 0.15) is 29.9 Å². The maximum Gasteiger partial charge on any atom is 0.255 e. The van der Waals surface area contributed by atoms with Crippen LogP contribution in [-0.4, -0.2) is 39.9 Å². The van der Waals surface area contributed by atoms with Gasteiger partial charge in [-0.1, -0.05) is 12.1 Å². The van der Waals surface area contributed by atoms with Crippen LogP contribution in [0.15, 0.2) is 23.5 Å². The number of carbonyl (C=O) groups excluding carboxylic acids is 1. The molecule has 1 atom stereocenters. The van der Waals surface area contributed by atoms with Gasteiger partial charge in [-0.15, -0.1) is 0 Å². The number of amidine groups is 1. The van der Waals surface area contributed by atoms with Crippen molar-refractivity contribution in [3.8, 4) is 0 Å². The monoisotopic (exact) mass is 264 g/mol. The molecular formula is C13H20N4O2. The van der Waals surface area contributed by atoms with Crippen molar-refractivity contribution in [2.75, 3.05) is 13.1 Å². The Morgan fingerprint density at radius 2 is 2.26 bits per heavy atom. The molecule has 1 unspecified atom stereocenters. The molecule has 1 rings (SSSR count). The lowest BCUT2D eigenvalue weighted by atomic mass is 10.1. The van der Waals surface area contributed by atoms with Gasteiger partial charge in [-0.05, 0) is 26.0 Å². The maximum atomic E-state index is 12.3. The first-order valence-electron chi connectivity index (χ1n) is 6.19. The number of aromatic nitrogens is 1. The predicted molar refractivity (Wildman–Crippen MR) is 73.1 cm³/mol. The number of amides is 1. The molecule has 0 radical (unpaired) electrons. The van der Waals surface area contributed by atoms with Gasteiger partial charge in [0.05, 0.1) is 5.56 Å². The lowest BCUT2D eigenvalue weighted by Crippen LogP contribution is -2.38. The Morgan fingerprint density at radius 1 is 1.58 bits per heavy atom. The summed E-state index contributed by atoms with van der Waals surface area (Å²) in [5, 5.41) is 11.6. The van der Waals surface area contributed by atoms with Gasteiger partial charge in [0.1, 0.15) is 5.84 Å². The summed E-state index contributed by atoms with van der Waals surface area (Å²) in [4.78, 5) is 18.0. The average Bonchev–Trinajstić information content (AvgIpc) is 2.43. The fourth-order valence-corrected chi connectivity index (χ4v) is 1.66. The van der Waals surface area contributed by atoms with Gasteiger partial charge in [0.15, 0.2) is 0 Å². The van der Waals surface area contributed by atoms with E-state index in [1.807, 2.05) is 13.8 Å². The van der Waals surface area contributed by atoms with Crippen LogP contribution in [0, 0.1) is 12.8 Å². The molecule has 0 fully saturated rings. The molecule has 0 aromatic carbocycles. The summed E-state index contributed by atoms with van der Waals surface area (Å²) in [6.45, 7) is 6.51. The second-order valence-corrected chi connectivity index (χ2v) is 4.46. The van der Waals surface area contributed by atoms with Crippen molar-refractivity contribution >= 4 is 11.7 Å². The minimum Gasteiger partial charge on any atom is -0.409 e. The zero-order chi connectivity index (χ0) is 14.4. The quantitative estimate of drug-likeness (QED) is 0.362. The standard InChI is InChI=1S/C13H20N4O2/c1-4-17(8-9(2)12(14)16-19)13(18)11-6-5-10(3)15-7-11/h5-7,9,19H,4,8H2,1-3H3,(H2,14,16). The smallest absolute Gasteiger partial charge is 0.255 e. The molecule has 19 heavy (non-hydrogen) atoms. The second-order valence-electron chi connectivity index (χ2n) is 4.46. The van der Waals surface area contributed by atoms with Crippen molar-refractivity contribution in [2.24, 2.45) is 16.8 Å². The lowest BCUT2D eigenvalue weighted by Gasteiger charge is -2.24. The number of nitrogens with two attached hydrogens (primary N) is 1. The molecule has 6 nitrogen and oxygen atoms in total. The number of pyridine rings is 1. The van der Waals surface area contributed by atoms with E-state index in [-0.39, 0.29) is 17.7 Å². The van der Waals surface area contributed by atoms with Crippen molar-refractivity contribution in [1.82, 2.24) is 9.88 Å². The minimum absolute atomic E-state index is 0.104. The van der Waals surface area contributed by atoms with Crippen LogP contribution in [0.25, 0.3) is 0 Å². The Hall–Kier alpha value is -2.11. The van der Waals surface area contributed by atoms with E-state index in [1.165, 1.54) is 0 Å². The van der Waals surface area contributed by atoms with Crippen molar-refractivity contribution in [3.63, 3.8) is 0 Å². The van der Waals surface area contributed by atoms with Gasteiger partial charge in [-0.25, -0.2) is 0 Å². The van der Waals surface area contributed by atoms with E-state index in [9.17, 15) is 4.79 Å². The van der Waals surface area contributed by atoms with E-state index in [4.69, 9.17) is 10.9 Å². The molecular weight excluding hydrogens is 244 g/mol. The number of rotatable bonds is 5. The Kier molecular flexibility index (Phi) is 5.29. The highest BCUT2D eigenvalue weighted by atomic mass is 16.4. The predicted octanol–water partition coefficient (Wildman–Crippen LogP) is 1.23. The molecule has 1 heterocycles. The van der Waals surface area contributed by atoms with Crippen molar-refractivity contribution in [2.45, 2.75) is 20.8 Å². The summed E-state index contributed by atoms with van der Waals surface area (Å²) >= 11 is 0. The van der Waals surface area contributed by atoms with Gasteiger partial charge in [0.25, 0.3) is 5.91 Å². The first kappa shape index (κ1) is 14.9. The molecule has 1 aromatic rings. The average molecular weight is 264 g/mol. The summed E-state index contributed by atoms with van der Waals surface area (Å²) < 4.78 is 0. The highest BCUT2D eigenvalue weighted by Crippen LogP contribution is 2.08. The van der Waals surface area contributed by atoms with Crippen LogP contribution in [0.4, 0.5) is 0 Å². The highest BCUT2D eigenvalue weighted by molar-refractivity contribution is 5.94. The third kappa shape index (κ3) is 3.94. The normalized spacial score (nSPS) is 13.1. The van der Waals surface area contributed by atoms with E-state index < -0.39 is 0 Å². The highest BCUT2D eigenvalue weighted by Gasteiger charge is 2.19. The SMILES string of the molecule is CCN(CC(C)/C(N)=N/O)C(=O)c1ccc(C)nc1. The number of oxime groups is 1. The molecule has 104 valence electrons. The topological polar surface area (TPSA) is 91.8 Å². The van der Waals surface area contributed by atoms with E-state index in [0.29, 0.717) is 18.7 Å². The first-order valence-corrected chi connectivity index (χ1v) is 6.19. The van der Waals surface area contributed by atoms with E-state index in [0.717, 1.165) is 5.69 Å². The zero-order valence-electron chi connectivity index (χ0n) is 11.5. The van der Waals surface area contributed by atoms with Crippen LogP contribution in [0.3, 0.4) is 0 Å². The van der Waals surface area contributed by atoms with E-state index >= 15 is 0 Å². The van der Waals surface area contributed by atoms with Crippen molar-refractivity contribution in [1.29, 1.82) is 0 Å². The van der Waals surface area contributed by atoms with Crippen molar-refractivity contribution in [3.05, 3.63) is 29.6 Å². The number of nitrogens with zero attached hydrogens (tertiary/aromatic N) is 3. The molecule has 0 saturated heterocycles. The second kappa shape index (κ2) is 6.72. The van der Waals surface area contributed by atoms with Gasteiger partial charge in [0.2, 0.25) is 0 Å². The van der Waals surface area contributed by atoms with Crippen LogP contribution in [0.5, 0.6) is 0 Å². The van der Waals surface area contributed by atoms with Crippen LogP contribution >= 0.6 is 0 Å². The summed E-state index contributed by atoms with van der Waals surface area (Å²) in [6.07, 6.45) is 1.56. The van der Waals surface area contributed by atoms with Crippen molar-refractivity contribution < 1.29 is 10.0 Å². The zero-order valence-corrected chi connectivity index (χ0v) is 11.5. The summed E-state index contributed by atoms with van der Waals surface area (Å²) in [7, 11) is 0. The number of aryl methyl sites for hydroxylation is 1. The molecule has 0 spiro atoms. The minimum atomic E-state index is -0.202. The molecule has 0 aliphatic heterocycles. The summed E-state index contributed by atoms with van der Waals surface area (Å²) in [5.74, 6) is -0.187. The van der Waals surface area contributed by atoms with Gasteiger partial charge >= 0.3 is 0 Å². The van der Waals surface area contributed by atoms with Crippen LogP contribution < -0.4 is 5.73 Å². The van der Waals surface area contributed by atoms with Gasteiger partial charge in [0, 0.05) is 30.9 Å². The molecule has 3 N–H and O–H groups in total. The Balaban J connectivity index is 2.80. The van der Waals surface area contributed by atoms with Crippen LogP contribution in [-0.2, 0) is 0 Å². The Bertz CT molecular complexity index is 456. The number of carbonyl (C=O) groups is 1. The molecule has 0 saturated carbocycles. The van der Waals surface area contributed by atoms with Gasteiger partial charge in [-0.2, -0.15) is 0 Å². The molecule has 0 aliphatic carbocycles. The molecule has 0 bridgehead atoms. The third-order valence-electron chi connectivity index (χ3n) is 2.94. The number of hydrogen-bond acceptors (Lipinski definition) is 4. The lowest BCUT2D eigenvalue weighted by molar-refractivity contribution is 0.0753. The molecule has 6 heteroatoms. The Morgan fingerprint density at radius 3 is 2.74 bits per heavy atom. The maximum absolute atomic E-state index is 12.3. The fourth-order valence-electron chi connectivity index (χ4n) is 1.66. The van der Waals surface area contributed by atoms with Gasteiger partial charge < -0.3 is 15.8 Å². The fraction of sp³-hybridized carbons (Fsp3) is 0.462. The molecule has 1 aromatic heterocycles. The van der Waals surface area contributed by atoms with Crippen LogP contribution in [0.2, 0.25) is 0 Å². The molecule has 0 aliphatic rings. The summed E-state index contributed by atoms with van der Waals surface area (Å²) in [5.41, 5.74) is 6.93. The first-order chi connectivity index (χ1) is 8.99. The number of hydrogen-bond donors (Lipinski definition) is 2.